The van der Waals surface area contributed by atoms with Crippen LogP contribution in [0, 0.1) is 6.92 Å². The highest BCUT2D eigenvalue weighted by Gasteiger charge is 2.49. The van der Waals surface area contributed by atoms with Crippen molar-refractivity contribution < 1.29 is 19.2 Å². The van der Waals surface area contributed by atoms with E-state index in [-0.39, 0.29) is 19.0 Å². The van der Waals surface area contributed by atoms with Gasteiger partial charge in [0.05, 0.1) is 0 Å². The Hall–Kier alpha value is -3.68. The molecule has 8 nitrogen and oxygen atoms in total. The largest absolute Gasteiger partial charge is 0.353 e. The monoisotopic (exact) mass is 408 g/mol. The number of urea groups is 1. The van der Waals surface area contributed by atoms with E-state index < -0.39 is 29.9 Å². The molecule has 1 aliphatic heterocycles. The molecule has 0 bridgehead atoms. The van der Waals surface area contributed by atoms with E-state index in [4.69, 9.17) is 0 Å². The van der Waals surface area contributed by atoms with E-state index in [0.717, 1.165) is 10.5 Å². The molecule has 0 radical (unpaired) electrons. The molecule has 156 valence electrons. The fraction of sp³-hybridized carbons (Fsp3) is 0.273. The van der Waals surface area contributed by atoms with Crippen molar-refractivity contribution >= 4 is 23.8 Å². The molecule has 0 aromatic heterocycles. The van der Waals surface area contributed by atoms with E-state index in [1.54, 1.807) is 43.3 Å². The van der Waals surface area contributed by atoms with Crippen molar-refractivity contribution in [2.24, 2.45) is 0 Å². The van der Waals surface area contributed by atoms with Gasteiger partial charge in [-0.15, -0.1) is 0 Å². The van der Waals surface area contributed by atoms with E-state index in [9.17, 15) is 19.2 Å². The number of aryl methyl sites for hydroxylation is 1. The average molecular weight is 408 g/mol. The minimum Gasteiger partial charge on any atom is -0.353 e. The zero-order valence-electron chi connectivity index (χ0n) is 16.9. The molecule has 5 amide bonds. The summed E-state index contributed by atoms with van der Waals surface area (Å²) in [6, 6.07) is 15.4. The minimum absolute atomic E-state index is 0.177. The Labute approximate surface area is 174 Å². The molecule has 0 saturated carbocycles. The van der Waals surface area contributed by atoms with Crippen LogP contribution >= 0.6 is 0 Å². The molecule has 1 fully saturated rings. The molecule has 3 rings (SSSR count). The Balaban J connectivity index is 1.50. The van der Waals surface area contributed by atoms with Gasteiger partial charge in [0.15, 0.2) is 0 Å². The molecule has 3 N–H and O–H groups in total. The first-order valence-electron chi connectivity index (χ1n) is 9.62. The second kappa shape index (κ2) is 8.77. The maximum atomic E-state index is 12.8. The molecule has 1 atom stereocenters. The van der Waals surface area contributed by atoms with E-state index in [1.807, 2.05) is 25.1 Å². The van der Waals surface area contributed by atoms with Crippen LogP contribution in [0.1, 0.15) is 28.4 Å². The number of carbonyl (C=O) groups excluding carboxylic acids is 4. The lowest BCUT2D eigenvalue weighted by atomic mass is 9.91. The first kappa shape index (κ1) is 21.0. The normalized spacial score (nSPS) is 18.1. The van der Waals surface area contributed by atoms with Crippen LogP contribution < -0.4 is 16.0 Å². The Kier molecular flexibility index (Phi) is 6.15. The van der Waals surface area contributed by atoms with Crippen LogP contribution in [-0.4, -0.2) is 48.3 Å². The fourth-order valence-electron chi connectivity index (χ4n) is 3.19. The Bertz CT molecular complexity index is 959. The van der Waals surface area contributed by atoms with Crippen molar-refractivity contribution in [3.8, 4) is 0 Å². The van der Waals surface area contributed by atoms with Gasteiger partial charge in [0.1, 0.15) is 12.1 Å². The lowest BCUT2D eigenvalue weighted by molar-refractivity contribution is -0.134. The van der Waals surface area contributed by atoms with Gasteiger partial charge in [0, 0.05) is 18.7 Å². The summed E-state index contributed by atoms with van der Waals surface area (Å²) in [6.45, 7) is 3.56. The maximum absolute atomic E-state index is 12.8. The third-order valence-corrected chi connectivity index (χ3v) is 4.97. The average Bonchev–Trinajstić information content (AvgIpc) is 2.96. The fourth-order valence-corrected chi connectivity index (χ4v) is 3.19. The van der Waals surface area contributed by atoms with Crippen molar-refractivity contribution in [3.63, 3.8) is 0 Å². The third kappa shape index (κ3) is 4.48. The zero-order chi connectivity index (χ0) is 21.7. The molecule has 0 aliphatic carbocycles. The minimum atomic E-state index is -1.21. The third-order valence-electron chi connectivity index (χ3n) is 4.97. The number of carbonyl (C=O) groups is 4. The maximum Gasteiger partial charge on any atom is 0.325 e. The molecule has 1 unspecified atom stereocenters. The smallest absolute Gasteiger partial charge is 0.325 e. The molecular weight excluding hydrogens is 384 g/mol. The first-order valence-corrected chi connectivity index (χ1v) is 9.62. The molecule has 2 aromatic carbocycles. The summed E-state index contributed by atoms with van der Waals surface area (Å²) in [7, 11) is 0. The molecule has 0 spiro atoms. The molecule has 1 aliphatic rings. The summed E-state index contributed by atoms with van der Waals surface area (Å²) < 4.78 is 0. The van der Waals surface area contributed by atoms with Crippen molar-refractivity contribution in [2.75, 3.05) is 19.6 Å². The standard InChI is InChI=1S/C22H24N4O4/c1-15-8-10-17(11-9-15)22(2)20(29)26(21(30)25-22)14-18(27)23-12-13-24-19(28)16-6-4-3-5-7-16/h3-11H,12-14H2,1-2H3,(H,23,27)(H,24,28)(H,25,30). The predicted octanol–water partition coefficient (Wildman–Crippen LogP) is 1.31. The number of rotatable bonds is 7. The summed E-state index contributed by atoms with van der Waals surface area (Å²) >= 11 is 0. The van der Waals surface area contributed by atoms with Crippen LogP contribution in [0.15, 0.2) is 54.6 Å². The van der Waals surface area contributed by atoms with Gasteiger partial charge in [0.2, 0.25) is 5.91 Å². The highest BCUT2D eigenvalue weighted by Crippen LogP contribution is 2.28. The highest BCUT2D eigenvalue weighted by molar-refractivity contribution is 6.09. The van der Waals surface area contributed by atoms with Crippen LogP contribution in [0.25, 0.3) is 0 Å². The molecule has 2 aromatic rings. The summed E-state index contributed by atoms with van der Waals surface area (Å²) in [4.78, 5) is 50.2. The van der Waals surface area contributed by atoms with Gasteiger partial charge < -0.3 is 16.0 Å². The van der Waals surface area contributed by atoms with Gasteiger partial charge in [-0.2, -0.15) is 0 Å². The Morgan fingerprint density at radius 2 is 1.60 bits per heavy atom. The molecule has 1 saturated heterocycles. The zero-order valence-corrected chi connectivity index (χ0v) is 16.9. The SMILES string of the molecule is Cc1ccc(C2(C)NC(=O)N(CC(=O)NCCNC(=O)c3ccccc3)C2=O)cc1. The Morgan fingerprint density at radius 1 is 0.967 bits per heavy atom. The van der Waals surface area contributed by atoms with Gasteiger partial charge in [-0.05, 0) is 31.5 Å². The predicted molar refractivity (Wildman–Crippen MR) is 111 cm³/mol. The quantitative estimate of drug-likeness (QED) is 0.474. The van der Waals surface area contributed by atoms with Crippen molar-refractivity contribution in [1.82, 2.24) is 20.9 Å². The Morgan fingerprint density at radius 3 is 2.27 bits per heavy atom. The summed E-state index contributed by atoms with van der Waals surface area (Å²) in [6.07, 6.45) is 0. The summed E-state index contributed by atoms with van der Waals surface area (Å²) in [5.41, 5.74) is 1.00. The first-order chi connectivity index (χ1) is 14.3. The van der Waals surface area contributed by atoms with Crippen LogP contribution in [0.3, 0.4) is 0 Å². The molecule has 1 heterocycles. The van der Waals surface area contributed by atoms with Gasteiger partial charge in [-0.25, -0.2) is 4.79 Å². The van der Waals surface area contributed by atoms with E-state index in [0.29, 0.717) is 11.1 Å². The topological polar surface area (TPSA) is 108 Å². The number of imide groups is 1. The summed E-state index contributed by atoms with van der Waals surface area (Å²) in [5, 5.41) is 7.97. The number of hydrogen-bond donors (Lipinski definition) is 3. The molecule has 30 heavy (non-hydrogen) atoms. The molecule has 8 heteroatoms. The van der Waals surface area contributed by atoms with Crippen molar-refractivity contribution in [2.45, 2.75) is 19.4 Å². The van der Waals surface area contributed by atoms with Crippen LogP contribution in [0.4, 0.5) is 4.79 Å². The van der Waals surface area contributed by atoms with Crippen molar-refractivity contribution in [1.29, 1.82) is 0 Å². The van der Waals surface area contributed by atoms with E-state index >= 15 is 0 Å². The number of hydrogen-bond acceptors (Lipinski definition) is 4. The highest BCUT2D eigenvalue weighted by atomic mass is 16.2. The van der Waals surface area contributed by atoms with E-state index in [2.05, 4.69) is 16.0 Å². The van der Waals surface area contributed by atoms with E-state index in [1.165, 1.54) is 0 Å². The number of nitrogens with one attached hydrogen (secondary N) is 3. The number of benzene rings is 2. The van der Waals surface area contributed by atoms with Crippen LogP contribution in [0.5, 0.6) is 0 Å². The van der Waals surface area contributed by atoms with Gasteiger partial charge in [-0.1, -0.05) is 48.0 Å². The van der Waals surface area contributed by atoms with Crippen LogP contribution in [-0.2, 0) is 15.1 Å². The number of amides is 5. The van der Waals surface area contributed by atoms with Gasteiger partial charge >= 0.3 is 6.03 Å². The van der Waals surface area contributed by atoms with Crippen molar-refractivity contribution in [3.05, 3.63) is 71.3 Å². The summed E-state index contributed by atoms with van der Waals surface area (Å²) in [5.74, 6) is -1.21. The van der Waals surface area contributed by atoms with Gasteiger partial charge in [-0.3, -0.25) is 19.3 Å². The molecular formula is C22H24N4O4. The second-order valence-electron chi connectivity index (χ2n) is 7.28. The lowest BCUT2D eigenvalue weighted by Crippen LogP contribution is -2.44. The van der Waals surface area contributed by atoms with Crippen LogP contribution in [0.2, 0.25) is 0 Å². The lowest BCUT2D eigenvalue weighted by Gasteiger charge is -2.22. The number of nitrogens with zero attached hydrogens (tertiary/aromatic N) is 1. The van der Waals surface area contributed by atoms with Gasteiger partial charge in [0.25, 0.3) is 11.8 Å². The second-order valence-corrected chi connectivity index (χ2v) is 7.28.